The second kappa shape index (κ2) is 6.80. The molecule has 0 saturated carbocycles. The van der Waals surface area contributed by atoms with E-state index in [1.54, 1.807) is 23.1 Å². The molecule has 2 rings (SSSR count). The smallest absolute Gasteiger partial charge is 0.314 e. The van der Waals surface area contributed by atoms with Gasteiger partial charge in [-0.3, -0.25) is 9.59 Å². The maximum absolute atomic E-state index is 12.2. The molecule has 5 nitrogen and oxygen atoms in total. The van der Waals surface area contributed by atoms with Crippen molar-refractivity contribution in [3.8, 4) is 5.75 Å². The summed E-state index contributed by atoms with van der Waals surface area (Å²) in [5.74, 6) is -0.708. The Labute approximate surface area is 129 Å². The lowest BCUT2D eigenvalue weighted by atomic mass is 10.0. The molecular formula is C15H19ClN2O3. The fourth-order valence-electron chi connectivity index (χ4n) is 2.48. The van der Waals surface area contributed by atoms with Crippen LogP contribution in [0.3, 0.4) is 0 Å². The van der Waals surface area contributed by atoms with Gasteiger partial charge in [0.05, 0.1) is 12.8 Å². The predicted octanol–water partition coefficient (Wildman–Crippen LogP) is 2.69. The summed E-state index contributed by atoms with van der Waals surface area (Å²) in [6, 6.07) is 4.96. The van der Waals surface area contributed by atoms with Crippen molar-refractivity contribution < 1.29 is 14.3 Å². The highest BCUT2D eigenvalue weighted by molar-refractivity contribution is 6.40. The zero-order valence-electron chi connectivity index (χ0n) is 12.2. The number of piperidine rings is 1. The Morgan fingerprint density at radius 1 is 1.38 bits per heavy atom. The Bertz CT molecular complexity index is 548. The van der Waals surface area contributed by atoms with E-state index < -0.39 is 11.8 Å². The van der Waals surface area contributed by atoms with Crippen molar-refractivity contribution in [2.24, 2.45) is 0 Å². The molecule has 1 heterocycles. The van der Waals surface area contributed by atoms with Gasteiger partial charge in [-0.25, -0.2) is 0 Å². The molecule has 1 saturated heterocycles. The normalized spacial score (nSPS) is 18.2. The Hall–Kier alpha value is -1.75. The van der Waals surface area contributed by atoms with Gasteiger partial charge in [-0.2, -0.15) is 0 Å². The molecule has 0 aromatic heterocycles. The summed E-state index contributed by atoms with van der Waals surface area (Å²) in [5.41, 5.74) is 0.396. The second-order valence-corrected chi connectivity index (χ2v) is 5.58. The summed E-state index contributed by atoms with van der Waals surface area (Å²) in [6.45, 7) is 2.59. The molecule has 0 radical (unpaired) electrons. The number of methoxy groups -OCH3 is 1. The van der Waals surface area contributed by atoms with E-state index in [9.17, 15) is 9.59 Å². The van der Waals surface area contributed by atoms with Gasteiger partial charge in [0, 0.05) is 17.6 Å². The number of likely N-dealkylation sites (tertiary alicyclic amines) is 1. The number of ether oxygens (including phenoxy) is 1. The van der Waals surface area contributed by atoms with Crippen molar-refractivity contribution in [2.75, 3.05) is 19.0 Å². The zero-order valence-corrected chi connectivity index (χ0v) is 12.9. The lowest BCUT2D eigenvalue weighted by Gasteiger charge is -2.32. The van der Waals surface area contributed by atoms with Crippen LogP contribution >= 0.6 is 11.6 Å². The molecule has 0 aliphatic carbocycles. The maximum atomic E-state index is 12.2. The largest absolute Gasteiger partial charge is 0.495 e. The average Bonchev–Trinajstić information content (AvgIpc) is 2.47. The van der Waals surface area contributed by atoms with E-state index in [4.69, 9.17) is 16.3 Å². The first-order chi connectivity index (χ1) is 10.0. The topological polar surface area (TPSA) is 58.6 Å². The number of benzene rings is 1. The van der Waals surface area contributed by atoms with Gasteiger partial charge in [0.25, 0.3) is 0 Å². The number of nitrogens with one attached hydrogen (secondary N) is 1. The van der Waals surface area contributed by atoms with Crippen molar-refractivity contribution in [1.29, 1.82) is 0 Å². The van der Waals surface area contributed by atoms with Gasteiger partial charge in [0.2, 0.25) is 0 Å². The molecule has 1 unspecified atom stereocenters. The minimum absolute atomic E-state index is 0.0956. The van der Waals surface area contributed by atoms with Crippen LogP contribution in [0.1, 0.15) is 26.2 Å². The second-order valence-electron chi connectivity index (χ2n) is 5.14. The Morgan fingerprint density at radius 2 is 2.14 bits per heavy atom. The van der Waals surface area contributed by atoms with Crippen molar-refractivity contribution in [1.82, 2.24) is 4.90 Å². The van der Waals surface area contributed by atoms with Gasteiger partial charge in [0.15, 0.2) is 0 Å². The van der Waals surface area contributed by atoms with Crippen molar-refractivity contribution in [3.05, 3.63) is 23.2 Å². The molecule has 0 spiro atoms. The van der Waals surface area contributed by atoms with E-state index >= 15 is 0 Å². The van der Waals surface area contributed by atoms with E-state index in [0.29, 0.717) is 23.0 Å². The number of anilines is 1. The van der Waals surface area contributed by atoms with Crippen LogP contribution in [0.15, 0.2) is 18.2 Å². The molecule has 1 aromatic carbocycles. The summed E-state index contributed by atoms with van der Waals surface area (Å²) in [6.07, 6.45) is 2.96. The van der Waals surface area contributed by atoms with Crippen molar-refractivity contribution in [3.63, 3.8) is 0 Å². The predicted molar refractivity (Wildman–Crippen MR) is 81.7 cm³/mol. The Kier molecular flexibility index (Phi) is 5.07. The van der Waals surface area contributed by atoms with Gasteiger partial charge in [-0.05, 0) is 44.4 Å². The number of hydrogen-bond acceptors (Lipinski definition) is 3. The fraction of sp³-hybridized carbons (Fsp3) is 0.467. The van der Waals surface area contributed by atoms with Crippen LogP contribution < -0.4 is 10.1 Å². The summed E-state index contributed by atoms with van der Waals surface area (Å²) >= 11 is 5.91. The molecular weight excluding hydrogens is 292 g/mol. The van der Waals surface area contributed by atoms with Crippen LogP contribution in [0, 0.1) is 0 Å². The molecule has 1 aliphatic heterocycles. The standard InChI is InChI=1S/C15H19ClN2O3/c1-10-5-3-4-8-18(10)15(20)14(19)17-12-9-11(16)6-7-13(12)21-2/h6-7,9-10H,3-5,8H2,1-2H3,(H,17,19). The number of carbonyl (C=O) groups is 2. The van der Waals surface area contributed by atoms with Crippen LogP contribution in [0.2, 0.25) is 5.02 Å². The van der Waals surface area contributed by atoms with E-state index in [1.165, 1.54) is 7.11 Å². The van der Waals surface area contributed by atoms with Crippen LogP contribution in [0.4, 0.5) is 5.69 Å². The zero-order chi connectivity index (χ0) is 15.4. The third-order valence-electron chi connectivity index (χ3n) is 3.67. The van der Waals surface area contributed by atoms with Gasteiger partial charge in [-0.15, -0.1) is 0 Å². The number of nitrogens with zero attached hydrogens (tertiary/aromatic N) is 1. The number of halogens is 1. The van der Waals surface area contributed by atoms with Crippen LogP contribution in [-0.2, 0) is 9.59 Å². The lowest BCUT2D eigenvalue weighted by Crippen LogP contribution is -2.47. The average molecular weight is 311 g/mol. The molecule has 1 aromatic rings. The molecule has 0 bridgehead atoms. The first-order valence-electron chi connectivity index (χ1n) is 6.98. The molecule has 2 amide bonds. The van der Waals surface area contributed by atoms with E-state index in [-0.39, 0.29) is 6.04 Å². The number of amides is 2. The minimum Gasteiger partial charge on any atom is -0.495 e. The van der Waals surface area contributed by atoms with Gasteiger partial charge in [0.1, 0.15) is 5.75 Å². The van der Waals surface area contributed by atoms with E-state index in [1.807, 2.05) is 6.92 Å². The number of hydrogen-bond donors (Lipinski definition) is 1. The monoisotopic (exact) mass is 310 g/mol. The Morgan fingerprint density at radius 3 is 2.81 bits per heavy atom. The van der Waals surface area contributed by atoms with E-state index in [0.717, 1.165) is 19.3 Å². The lowest BCUT2D eigenvalue weighted by molar-refractivity contribution is -0.145. The molecule has 1 atom stereocenters. The minimum atomic E-state index is -0.663. The third-order valence-corrected chi connectivity index (χ3v) is 3.90. The SMILES string of the molecule is COc1ccc(Cl)cc1NC(=O)C(=O)N1CCCCC1C. The molecule has 6 heteroatoms. The summed E-state index contributed by atoms with van der Waals surface area (Å²) in [4.78, 5) is 26.0. The first-order valence-corrected chi connectivity index (χ1v) is 7.36. The maximum Gasteiger partial charge on any atom is 0.314 e. The summed E-state index contributed by atoms with van der Waals surface area (Å²) in [5, 5.41) is 3.04. The highest BCUT2D eigenvalue weighted by Gasteiger charge is 2.28. The van der Waals surface area contributed by atoms with Crippen molar-refractivity contribution >= 4 is 29.1 Å². The fourth-order valence-corrected chi connectivity index (χ4v) is 2.66. The molecule has 114 valence electrons. The quantitative estimate of drug-likeness (QED) is 0.854. The van der Waals surface area contributed by atoms with Crippen LogP contribution in [0.25, 0.3) is 0 Å². The number of carbonyl (C=O) groups excluding carboxylic acids is 2. The number of rotatable bonds is 2. The van der Waals surface area contributed by atoms with Gasteiger partial charge >= 0.3 is 11.8 Å². The Balaban J connectivity index is 2.10. The van der Waals surface area contributed by atoms with E-state index in [2.05, 4.69) is 5.32 Å². The molecule has 1 aliphatic rings. The highest BCUT2D eigenvalue weighted by Crippen LogP contribution is 2.28. The van der Waals surface area contributed by atoms with Crippen LogP contribution in [0.5, 0.6) is 5.75 Å². The third kappa shape index (κ3) is 3.67. The molecule has 1 N–H and O–H groups in total. The van der Waals surface area contributed by atoms with Crippen LogP contribution in [-0.4, -0.2) is 36.4 Å². The first kappa shape index (κ1) is 15.6. The van der Waals surface area contributed by atoms with Gasteiger partial charge < -0.3 is 15.0 Å². The molecule has 21 heavy (non-hydrogen) atoms. The van der Waals surface area contributed by atoms with Crippen molar-refractivity contribution in [2.45, 2.75) is 32.2 Å². The van der Waals surface area contributed by atoms with Gasteiger partial charge in [-0.1, -0.05) is 11.6 Å². The molecule has 1 fully saturated rings. The summed E-state index contributed by atoms with van der Waals surface area (Å²) < 4.78 is 5.15. The highest BCUT2D eigenvalue weighted by atomic mass is 35.5. The summed E-state index contributed by atoms with van der Waals surface area (Å²) in [7, 11) is 1.49.